The van der Waals surface area contributed by atoms with Crippen molar-refractivity contribution >= 4 is 25.3 Å². The number of rotatable bonds is 31. The molecule has 0 aliphatic rings. The molecule has 13 heteroatoms. The molecule has 2 heterocycles. The molecule has 0 aromatic carbocycles. The van der Waals surface area contributed by atoms with E-state index in [1.54, 1.807) is 11.3 Å². The zero-order valence-electron chi connectivity index (χ0n) is 27.9. The maximum atomic E-state index is 12.3. The molecule has 11 nitrogen and oxygen atoms in total. The molecule has 2 rings (SSSR count). The standard InChI is InChI=1S/C33H58N3O8PS/c1-2-3-4-5-6-7-8-9-10-11-12-13-14-16-19-23-35-33(37)40-28-30(44-31-22-26-41-36-31)29-43-45(38,39)42-25-20-17-15-18-21-32-34-24-27-46-32/h22,24,26-27,30H,2-21,23,25,28-29H2,1H3,(H,35,37)(H,38,39). The second-order valence-corrected chi connectivity index (χ2v) is 14.2. The molecule has 0 aliphatic heterocycles. The minimum Gasteiger partial charge on any atom is -0.756 e. The van der Waals surface area contributed by atoms with E-state index in [-0.39, 0.29) is 19.1 Å². The smallest absolute Gasteiger partial charge is 0.407 e. The molecule has 0 bridgehead atoms. The summed E-state index contributed by atoms with van der Waals surface area (Å²) < 4.78 is 37.9. The number of aromatic amines is 1. The van der Waals surface area contributed by atoms with Gasteiger partial charge in [0.05, 0.1) is 18.6 Å². The van der Waals surface area contributed by atoms with Crippen LogP contribution in [0, 0.1) is 0 Å². The fourth-order valence-electron chi connectivity index (χ4n) is 4.99. The quantitative estimate of drug-likeness (QED) is 0.0612. The Morgan fingerprint density at radius 2 is 1.54 bits per heavy atom. The SMILES string of the molecule is CCCCCCCCCCCCCCCCCNC(=O)OCC(COP(=O)([O-])OCCCCCCc1[nH+]ccs1)Oc1ccon1. The van der Waals surface area contributed by atoms with Gasteiger partial charge in [0, 0.05) is 19.0 Å². The summed E-state index contributed by atoms with van der Waals surface area (Å²) in [4.78, 5) is 27.7. The van der Waals surface area contributed by atoms with E-state index >= 15 is 0 Å². The minimum absolute atomic E-state index is 0.0406. The van der Waals surface area contributed by atoms with Crippen LogP contribution in [0.4, 0.5) is 4.79 Å². The first kappa shape index (κ1) is 40.2. The van der Waals surface area contributed by atoms with Crippen molar-refractivity contribution in [3.63, 3.8) is 0 Å². The van der Waals surface area contributed by atoms with E-state index < -0.39 is 26.6 Å². The topological polar surface area (TPSA) is 146 Å². The molecule has 0 radical (unpaired) electrons. The van der Waals surface area contributed by atoms with Gasteiger partial charge in [-0.3, -0.25) is 4.57 Å². The van der Waals surface area contributed by atoms with Gasteiger partial charge >= 0.3 is 6.09 Å². The predicted octanol–water partition coefficient (Wildman–Crippen LogP) is 8.20. The average molecular weight is 688 g/mol. The highest BCUT2D eigenvalue weighted by Crippen LogP contribution is 2.38. The molecule has 2 aromatic heterocycles. The molecule has 2 aromatic rings. The molecule has 2 N–H and O–H groups in total. The number of carbonyl (C=O) groups is 1. The van der Waals surface area contributed by atoms with Crippen molar-refractivity contribution in [3.8, 4) is 5.88 Å². The van der Waals surface area contributed by atoms with Gasteiger partial charge in [-0.25, -0.2) is 9.78 Å². The number of hydrogen-bond acceptors (Lipinski definition) is 10. The van der Waals surface area contributed by atoms with Crippen LogP contribution >= 0.6 is 19.2 Å². The van der Waals surface area contributed by atoms with Crippen LogP contribution in [0.2, 0.25) is 0 Å². The summed E-state index contributed by atoms with van der Waals surface area (Å²) in [6.07, 6.45) is 25.4. The van der Waals surface area contributed by atoms with Crippen LogP contribution in [0.1, 0.15) is 134 Å². The van der Waals surface area contributed by atoms with Crippen LogP contribution in [-0.4, -0.2) is 43.7 Å². The average Bonchev–Trinajstić information content (AvgIpc) is 3.76. The fraction of sp³-hybridized carbons (Fsp3) is 0.788. The Bertz CT molecular complexity index is 1010. The number of phosphoric acid groups is 1. The van der Waals surface area contributed by atoms with E-state index in [1.165, 1.54) is 94.4 Å². The lowest BCUT2D eigenvalue weighted by atomic mass is 10.0. The summed E-state index contributed by atoms with van der Waals surface area (Å²) in [5, 5.41) is 9.65. The molecule has 46 heavy (non-hydrogen) atoms. The van der Waals surface area contributed by atoms with Crippen LogP contribution < -0.4 is 19.9 Å². The number of ether oxygens (including phenoxy) is 2. The summed E-state index contributed by atoms with van der Waals surface area (Å²) in [6.45, 7) is 2.17. The first-order valence-electron chi connectivity index (χ1n) is 17.5. The molecule has 2 unspecified atom stereocenters. The largest absolute Gasteiger partial charge is 0.756 e. The highest BCUT2D eigenvalue weighted by molar-refractivity contribution is 7.45. The van der Waals surface area contributed by atoms with E-state index in [9.17, 15) is 14.3 Å². The highest BCUT2D eigenvalue weighted by Gasteiger charge is 2.20. The number of H-pyrrole nitrogens is 1. The second-order valence-electron chi connectivity index (χ2n) is 11.8. The molecule has 1 amide bonds. The number of alkyl carbamates (subject to hydrolysis) is 1. The zero-order valence-corrected chi connectivity index (χ0v) is 29.6. The van der Waals surface area contributed by atoms with Gasteiger partial charge in [-0.2, -0.15) is 0 Å². The van der Waals surface area contributed by atoms with Crippen molar-refractivity contribution < 1.29 is 42.3 Å². The second kappa shape index (κ2) is 27.0. The Morgan fingerprint density at radius 1 is 0.913 bits per heavy atom. The van der Waals surface area contributed by atoms with Gasteiger partial charge in [-0.1, -0.05) is 121 Å². The molecule has 264 valence electrons. The summed E-state index contributed by atoms with van der Waals surface area (Å²) in [5.41, 5.74) is 0. The Morgan fingerprint density at radius 3 is 2.15 bits per heavy atom. The lowest BCUT2D eigenvalue weighted by Gasteiger charge is -2.25. The summed E-state index contributed by atoms with van der Waals surface area (Å²) >= 11 is 1.69. The molecular formula is C33H58N3O8PS. The number of carbonyl (C=O) groups excluding carboxylic acids is 1. The molecular weight excluding hydrogens is 629 g/mol. The van der Waals surface area contributed by atoms with Crippen LogP contribution in [0.5, 0.6) is 5.88 Å². The zero-order chi connectivity index (χ0) is 33.0. The van der Waals surface area contributed by atoms with Crippen molar-refractivity contribution in [1.82, 2.24) is 10.5 Å². The van der Waals surface area contributed by atoms with E-state index in [4.69, 9.17) is 23.0 Å². The lowest BCUT2D eigenvalue weighted by Crippen LogP contribution is -2.34. The van der Waals surface area contributed by atoms with Gasteiger partial charge < -0.3 is 33.3 Å². The maximum absolute atomic E-state index is 12.3. The van der Waals surface area contributed by atoms with Crippen LogP contribution in [0.15, 0.2) is 28.4 Å². The number of hydrogen-bond donors (Lipinski definition) is 1. The van der Waals surface area contributed by atoms with Crippen LogP contribution in [0.3, 0.4) is 0 Å². The van der Waals surface area contributed by atoms with E-state index in [1.807, 2.05) is 11.6 Å². The number of phosphoric ester groups is 1. The number of aryl methyl sites for hydroxylation is 1. The third kappa shape index (κ3) is 22.5. The Kier molecular flexibility index (Phi) is 23.6. The number of thiazole rings is 1. The van der Waals surface area contributed by atoms with E-state index in [0.717, 1.165) is 44.9 Å². The fourth-order valence-corrected chi connectivity index (χ4v) is 6.47. The van der Waals surface area contributed by atoms with Crippen molar-refractivity contribution in [1.29, 1.82) is 0 Å². The lowest BCUT2D eigenvalue weighted by molar-refractivity contribution is -0.382. The van der Waals surface area contributed by atoms with E-state index in [0.29, 0.717) is 13.0 Å². The van der Waals surface area contributed by atoms with Gasteiger partial charge in [0.25, 0.3) is 13.7 Å². The van der Waals surface area contributed by atoms with Crippen molar-refractivity contribution in [2.75, 3.05) is 26.4 Å². The molecule has 0 fully saturated rings. The first-order chi connectivity index (χ1) is 22.5. The predicted molar refractivity (Wildman–Crippen MR) is 178 cm³/mol. The molecule has 0 saturated carbocycles. The Labute approximate surface area is 280 Å². The number of nitrogens with zero attached hydrogens (tertiary/aromatic N) is 1. The first-order valence-corrected chi connectivity index (χ1v) is 19.8. The summed E-state index contributed by atoms with van der Waals surface area (Å²) in [6, 6.07) is 1.47. The Hall–Kier alpha value is -1.98. The Balaban J connectivity index is 1.49. The summed E-state index contributed by atoms with van der Waals surface area (Å²) in [5.74, 6) is 0.122. The third-order valence-electron chi connectivity index (χ3n) is 7.64. The molecule has 0 saturated heterocycles. The maximum Gasteiger partial charge on any atom is 0.407 e. The number of amides is 1. The van der Waals surface area contributed by atoms with Gasteiger partial charge in [0.1, 0.15) is 12.9 Å². The van der Waals surface area contributed by atoms with Crippen LogP contribution in [0.25, 0.3) is 0 Å². The van der Waals surface area contributed by atoms with Gasteiger partial charge in [0.2, 0.25) is 5.01 Å². The number of nitrogens with one attached hydrogen (secondary N) is 2. The van der Waals surface area contributed by atoms with Gasteiger partial charge in [-0.15, -0.1) is 0 Å². The van der Waals surface area contributed by atoms with Crippen molar-refractivity contribution in [2.45, 2.75) is 141 Å². The van der Waals surface area contributed by atoms with Crippen molar-refractivity contribution in [2.24, 2.45) is 0 Å². The van der Waals surface area contributed by atoms with Gasteiger partial charge in [-0.05, 0) is 24.4 Å². The van der Waals surface area contributed by atoms with Gasteiger partial charge in [0.15, 0.2) is 12.3 Å². The van der Waals surface area contributed by atoms with E-state index in [2.05, 4.69) is 22.4 Å². The highest BCUT2D eigenvalue weighted by atomic mass is 32.1. The number of aromatic nitrogens is 2. The normalized spacial score (nSPS) is 13.3. The monoisotopic (exact) mass is 687 g/mol. The minimum atomic E-state index is -4.56. The molecule has 0 spiro atoms. The van der Waals surface area contributed by atoms with Crippen molar-refractivity contribution in [3.05, 3.63) is 28.9 Å². The number of unbranched alkanes of at least 4 members (excludes halogenated alkanes) is 17. The third-order valence-corrected chi connectivity index (χ3v) is 9.48. The molecule has 0 aliphatic carbocycles. The van der Waals surface area contributed by atoms with Crippen LogP contribution in [-0.2, 0) is 24.8 Å². The molecule has 2 atom stereocenters. The summed E-state index contributed by atoms with van der Waals surface area (Å²) in [7, 11) is -4.56.